The number of benzene rings is 1. The van der Waals surface area contributed by atoms with E-state index in [9.17, 15) is 0 Å². The molecule has 1 aliphatic heterocycles. The molecule has 0 aliphatic carbocycles. The standard InChI is InChI=1S/C14H18ClN3O/c15-10-3-4-12-13(8-10)18-14(17-12)2-1-6-16-11-5-7-19-9-11/h3-4,8,11,16H,1-2,5-7,9H2,(H,17,18)/t11-/m1/s1. The van der Waals surface area contributed by atoms with Crippen LogP contribution >= 0.6 is 11.6 Å². The van der Waals surface area contributed by atoms with E-state index in [1.54, 1.807) is 0 Å². The van der Waals surface area contributed by atoms with Crippen molar-refractivity contribution >= 4 is 22.6 Å². The zero-order chi connectivity index (χ0) is 13.1. The highest BCUT2D eigenvalue weighted by atomic mass is 35.5. The Morgan fingerprint density at radius 3 is 3.26 bits per heavy atom. The van der Waals surface area contributed by atoms with Crippen LogP contribution in [0, 0.1) is 0 Å². The molecule has 2 heterocycles. The number of ether oxygens (including phenoxy) is 1. The molecule has 1 saturated heterocycles. The van der Waals surface area contributed by atoms with Gasteiger partial charge >= 0.3 is 0 Å². The summed E-state index contributed by atoms with van der Waals surface area (Å²) in [5.74, 6) is 1.03. The number of aryl methyl sites for hydroxylation is 1. The molecule has 19 heavy (non-hydrogen) atoms. The minimum atomic E-state index is 0.537. The second-order valence-corrected chi connectivity index (χ2v) is 5.40. The summed E-state index contributed by atoms with van der Waals surface area (Å²) in [6.45, 7) is 2.75. The molecule has 5 heteroatoms. The highest BCUT2D eigenvalue weighted by Crippen LogP contribution is 2.17. The molecule has 102 valence electrons. The van der Waals surface area contributed by atoms with Crippen LogP contribution in [-0.2, 0) is 11.2 Å². The van der Waals surface area contributed by atoms with Crippen molar-refractivity contribution in [1.82, 2.24) is 15.3 Å². The fourth-order valence-corrected chi connectivity index (χ4v) is 2.58. The fourth-order valence-electron chi connectivity index (χ4n) is 2.41. The number of aromatic nitrogens is 2. The van der Waals surface area contributed by atoms with Crippen LogP contribution < -0.4 is 5.32 Å². The van der Waals surface area contributed by atoms with Gasteiger partial charge in [-0.05, 0) is 37.6 Å². The zero-order valence-electron chi connectivity index (χ0n) is 10.8. The molecule has 1 atom stereocenters. The lowest BCUT2D eigenvalue weighted by molar-refractivity contribution is 0.190. The van der Waals surface area contributed by atoms with Gasteiger partial charge in [-0.2, -0.15) is 0 Å². The van der Waals surface area contributed by atoms with Crippen molar-refractivity contribution in [2.45, 2.75) is 25.3 Å². The molecule has 2 N–H and O–H groups in total. The van der Waals surface area contributed by atoms with Crippen LogP contribution in [0.2, 0.25) is 5.02 Å². The summed E-state index contributed by atoms with van der Waals surface area (Å²) < 4.78 is 5.33. The van der Waals surface area contributed by atoms with Crippen LogP contribution in [0.5, 0.6) is 0 Å². The maximum Gasteiger partial charge on any atom is 0.107 e. The molecule has 1 aromatic heterocycles. The average molecular weight is 280 g/mol. The SMILES string of the molecule is Clc1ccc2nc(CCCN[C@@H]3CCOC3)[nH]c2c1. The van der Waals surface area contributed by atoms with E-state index >= 15 is 0 Å². The van der Waals surface area contributed by atoms with Gasteiger partial charge in [0, 0.05) is 24.1 Å². The quantitative estimate of drug-likeness (QED) is 0.827. The average Bonchev–Trinajstić information content (AvgIpc) is 3.02. The lowest BCUT2D eigenvalue weighted by Crippen LogP contribution is -2.30. The number of rotatable bonds is 5. The summed E-state index contributed by atoms with van der Waals surface area (Å²) in [6, 6.07) is 6.28. The van der Waals surface area contributed by atoms with Gasteiger partial charge in [0.25, 0.3) is 0 Å². The number of nitrogens with one attached hydrogen (secondary N) is 2. The number of halogens is 1. The summed E-state index contributed by atoms with van der Waals surface area (Å²) in [6.07, 6.45) is 3.15. The van der Waals surface area contributed by atoms with E-state index < -0.39 is 0 Å². The van der Waals surface area contributed by atoms with E-state index in [0.29, 0.717) is 6.04 Å². The van der Waals surface area contributed by atoms with E-state index in [-0.39, 0.29) is 0 Å². The number of fused-ring (bicyclic) bond motifs is 1. The van der Waals surface area contributed by atoms with Crippen molar-refractivity contribution in [1.29, 1.82) is 0 Å². The Morgan fingerprint density at radius 1 is 1.47 bits per heavy atom. The Balaban J connectivity index is 1.50. The minimum Gasteiger partial charge on any atom is -0.380 e. The van der Waals surface area contributed by atoms with Gasteiger partial charge in [0.2, 0.25) is 0 Å². The highest BCUT2D eigenvalue weighted by molar-refractivity contribution is 6.31. The third-order valence-electron chi connectivity index (χ3n) is 3.45. The maximum atomic E-state index is 5.96. The van der Waals surface area contributed by atoms with Gasteiger partial charge in [0.05, 0.1) is 17.6 Å². The summed E-state index contributed by atoms with van der Waals surface area (Å²) in [7, 11) is 0. The molecule has 0 spiro atoms. The largest absolute Gasteiger partial charge is 0.380 e. The van der Waals surface area contributed by atoms with Gasteiger partial charge in [-0.3, -0.25) is 0 Å². The third-order valence-corrected chi connectivity index (χ3v) is 3.68. The maximum absolute atomic E-state index is 5.96. The van der Waals surface area contributed by atoms with E-state index in [2.05, 4.69) is 15.3 Å². The van der Waals surface area contributed by atoms with Crippen LogP contribution in [-0.4, -0.2) is 35.8 Å². The van der Waals surface area contributed by atoms with Crippen molar-refractivity contribution in [3.8, 4) is 0 Å². The van der Waals surface area contributed by atoms with Crippen molar-refractivity contribution < 1.29 is 4.74 Å². The molecule has 0 unspecified atom stereocenters. The Hall–Kier alpha value is -1.10. The summed E-state index contributed by atoms with van der Waals surface area (Å²) in [5, 5.41) is 4.25. The monoisotopic (exact) mass is 279 g/mol. The predicted molar refractivity (Wildman–Crippen MR) is 76.7 cm³/mol. The van der Waals surface area contributed by atoms with Crippen LogP contribution in [0.1, 0.15) is 18.7 Å². The fraction of sp³-hybridized carbons (Fsp3) is 0.500. The zero-order valence-corrected chi connectivity index (χ0v) is 11.5. The molecular formula is C14H18ClN3O. The molecule has 0 bridgehead atoms. The van der Waals surface area contributed by atoms with Crippen molar-refractivity contribution in [2.75, 3.05) is 19.8 Å². The Morgan fingerprint density at radius 2 is 2.42 bits per heavy atom. The number of aromatic amines is 1. The van der Waals surface area contributed by atoms with Gasteiger partial charge in [-0.1, -0.05) is 11.6 Å². The van der Waals surface area contributed by atoms with Gasteiger partial charge in [0.1, 0.15) is 5.82 Å². The first-order valence-corrected chi connectivity index (χ1v) is 7.14. The highest BCUT2D eigenvalue weighted by Gasteiger charge is 2.13. The smallest absolute Gasteiger partial charge is 0.107 e. The number of nitrogens with zero attached hydrogens (tertiary/aromatic N) is 1. The first-order chi connectivity index (χ1) is 9.31. The Kier molecular flexibility index (Phi) is 4.01. The van der Waals surface area contributed by atoms with E-state index in [1.165, 1.54) is 0 Å². The van der Waals surface area contributed by atoms with Crippen LogP contribution in [0.3, 0.4) is 0 Å². The lowest BCUT2D eigenvalue weighted by Gasteiger charge is -2.09. The van der Waals surface area contributed by atoms with E-state index in [1.807, 2.05) is 18.2 Å². The third kappa shape index (κ3) is 3.26. The van der Waals surface area contributed by atoms with Crippen LogP contribution in [0.4, 0.5) is 0 Å². The number of hydrogen-bond acceptors (Lipinski definition) is 3. The first-order valence-electron chi connectivity index (χ1n) is 6.76. The lowest BCUT2D eigenvalue weighted by atomic mass is 10.2. The van der Waals surface area contributed by atoms with Gasteiger partial charge in [0.15, 0.2) is 0 Å². The normalized spacial score (nSPS) is 19.3. The molecule has 0 saturated carbocycles. The number of imidazole rings is 1. The molecule has 3 rings (SSSR count). The predicted octanol–water partition coefficient (Wildman–Crippen LogP) is 2.53. The Bertz CT molecular complexity index is 549. The van der Waals surface area contributed by atoms with Crippen molar-refractivity contribution in [3.63, 3.8) is 0 Å². The summed E-state index contributed by atoms with van der Waals surface area (Å²) in [5.41, 5.74) is 2.00. The molecule has 1 aromatic carbocycles. The minimum absolute atomic E-state index is 0.537. The summed E-state index contributed by atoms with van der Waals surface area (Å²) in [4.78, 5) is 7.87. The molecule has 0 radical (unpaired) electrons. The van der Waals surface area contributed by atoms with Crippen molar-refractivity contribution in [3.05, 3.63) is 29.0 Å². The Labute approximate surface area is 117 Å². The van der Waals surface area contributed by atoms with E-state index in [0.717, 1.165) is 60.9 Å². The molecule has 2 aromatic rings. The van der Waals surface area contributed by atoms with E-state index in [4.69, 9.17) is 16.3 Å². The van der Waals surface area contributed by atoms with Gasteiger partial charge in [-0.25, -0.2) is 4.98 Å². The first kappa shape index (κ1) is 12.9. The van der Waals surface area contributed by atoms with Gasteiger partial charge in [-0.15, -0.1) is 0 Å². The molecular weight excluding hydrogens is 262 g/mol. The molecule has 1 fully saturated rings. The number of hydrogen-bond donors (Lipinski definition) is 2. The molecule has 1 aliphatic rings. The van der Waals surface area contributed by atoms with Gasteiger partial charge < -0.3 is 15.0 Å². The second kappa shape index (κ2) is 5.90. The van der Waals surface area contributed by atoms with Crippen molar-refractivity contribution in [2.24, 2.45) is 0 Å². The molecule has 0 amide bonds. The number of H-pyrrole nitrogens is 1. The second-order valence-electron chi connectivity index (χ2n) is 4.96. The molecule has 4 nitrogen and oxygen atoms in total. The van der Waals surface area contributed by atoms with Crippen LogP contribution in [0.15, 0.2) is 18.2 Å². The topological polar surface area (TPSA) is 49.9 Å². The summed E-state index contributed by atoms with van der Waals surface area (Å²) >= 11 is 5.96. The van der Waals surface area contributed by atoms with Crippen LogP contribution in [0.25, 0.3) is 11.0 Å².